The van der Waals surface area contributed by atoms with Gasteiger partial charge < -0.3 is 10.4 Å². The summed E-state index contributed by atoms with van der Waals surface area (Å²) in [5.74, 6) is 0. The molecule has 2 nitrogen and oxygen atoms in total. The minimum Gasteiger partial charge on any atom is -0.394 e. The third-order valence-electron chi connectivity index (χ3n) is 1.28. The predicted molar refractivity (Wildman–Crippen MR) is 50.5 cm³/mol. The van der Waals surface area contributed by atoms with E-state index in [1.807, 2.05) is 40.9 Å². The molecule has 0 radical (unpaired) electrons. The Morgan fingerprint density at radius 3 is 2.27 bits per heavy atom. The molecule has 0 aliphatic rings. The second-order valence-corrected chi connectivity index (χ2v) is 2.10. The molecule has 0 aromatic rings. The molecule has 0 fully saturated rings. The van der Waals surface area contributed by atoms with Crippen molar-refractivity contribution >= 4 is 0 Å². The lowest BCUT2D eigenvalue weighted by molar-refractivity contribution is 0.206. The lowest BCUT2D eigenvalue weighted by Gasteiger charge is -2.06. The van der Waals surface area contributed by atoms with Crippen LogP contribution in [0.4, 0.5) is 0 Å². The van der Waals surface area contributed by atoms with Gasteiger partial charge in [-0.05, 0) is 25.1 Å². The summed E-state index contributed by atoms with van der Waals surface area (Å²) in [5.41, 5.74) is 0.986. The van der Waals surface area contributed by atoms with E-state index in [0.717, 1.165) is 12.0 Å². The van der Waals surface area contributed by atoms with Gasteiger partial charge in [-0.2, -0.15) is 0 Å². The van der Waals surface area contributed by atoms with E-state index in [9.17, 15) is 0 Å². The smallest absolute Gasteiger partial charge is 0.0761 e. The zero-order chi connectivity index (χ0) is 9.28. The van der Waals surface area contributed by atoms with Crippen molar-refractivity contribution in [1.82, 2.24) is 5.32 Å². The molecule has 2 heteroatoms. The molecule has 1 unspecified atom stereocenters. The van der Waals surface area contributed by atoms with Crippen LogP contribution in [-0.2, 0) is 0 Å². The molecule has 0 amide bonds. The summed E-state index contributed by atoms with van der Waals surface area (Å²) in [6.07, 6.45) is 2.32. The monoisotopic (exact) mass is 159 g/mol. The number of hydrogen-bond donors (Lipinski definition) is 2. The van der Waals surface area contributed by atoms with E-state index in [-0.39, 0.29) is 6.10 Å². The van der Waals surface area contributed by atoms with Crippen molar-refractivity contribution in [3.63, 3.8) is 0 Å². The van der Waals surface area contributed by atoms with Crippen molar-refractivity contribution in [1.29, 1.82) is 0 Å². The Morgan fingerprint density at radius 2 is 2.00 bits per heavy atom. The fourth-order valence-electron chi connectivity index (χ4n) is 0.646. The van der Waals surface area contributed by atoms with Gasteiger partial charge in [-0.25, -0.2) is 0 Å². The third kappa shape index (κ3) is 7.40. The highest BCUT2D eigenvalue weighted by atomic mass is 16.3. The quantitative estimate of drug-likeness (QED) is 0.659. The first-order valence-corrected chi connectivity index (χ1v) is 4.24. The van der Waals surface area contributed by atoms with Crippen LogP contribution in [0.25, 0.3) is 0 Å². The van der Waals surface area contributed by atoms with Crippen LogP contribution in [0.3, 0.4) is 0 Å². The molecule has 0 heterocycles. The summed E-state index contributed by atoms with van der Waals surface area (Å²) in [7, 11) is 1.83. The van der Waals surface area contributed by atoms with Gasteiger partial charge in [0.05, 0.1) is 6.10 Å². The lowest BCUT2D eigenvalue weighted by Crippen LogP contribution is -2.08. The first-order valence-electron chi connectivity index (χ1n) is 4.24. The van der Waals surface area contributed by atoms with Gasteiger partial charge in [-0.1, -0.05) is 20.8 Å². The average Bonchev–Trinajstić information content (AvgIpc) is 2.07. The van der Waals surface area contributed by atoms with Crippen LogP contribution < -0.4 is 5.32 Å². The Kier molecular flexibility index (Phi) is 11.3. The maximum Gasteiger partial charge on any atom is 0.0761 e. The number of hydrogen-bond acceptors (Lipinski definition) is 2. The van der Waals surface area contributed by atoms with E-state index in [0.29, 0.717) is 0 Å². The summed E-state index contributed by atoms with van der Waals surface area (Å²) in [5, 5.41) is 12.0. The van der Waals surface area contributed by atoms with Crippen LogP contribution in [0, 0.1) is 0 Å². The van der Waals surface area contributed by atoms with Crippen molar-refractivity contribution in [3.8, 4) is 0 Å². The summed E-state index contributed by atoms with van der Waals surface area (Å²) in [4.78, 5) is 0. The number of nitrogens with one attached hydrogen (secondary N) is 1. The van der Waals surface area contributed by atoms with Crippen molar-refractivity contribution in [2.24, 2.45) is 0 Å². The number of rotatable bonds is 3. The standard InChI is InChI=1S/C7H15NO.C2H6/c1-4-7(9)6(2)5-8-3;1-2/h5,7-9H,4H2,1-3H3;1-2H3/b6-5+;. The Bertz CT molecular complexity index is 99.7. The molecule has 0 rings (SSSR count). The van der Waals surface area contributed by atoms with Crippen LogP contribution in [0.2, 0.25) is 0 Å². The van der Waals surface area contributed by atoms with E-state index in [1.54, 1.807) is 0 Å². The van der Waals surface area contributed by atoms with Gasteiger partial charge in [0.1, 0.15) is 0 Å². The third-order valence-corrected chi connectivity index (χ3v) is 1.28. The molecule has 0 spiro atoms. The van der Waals surface area contributed by atoms with Gasteiger partial charge >= 0.3 is 0 Å². The Hall–Kier alpha value is -0.500. The molecule has 0 saturated carbocycles. The average molecular weight is 159 g/mol. The molecule has 0 bridgehead atoms. The molecule has 68 valence electrons. The van der Waals surface area contributed by atoms with E-state index < -0.39 is 0 Å². The predicted octanol–water partition coefficient (Wildman–Crippen LogP) is 1.91. The Balaban J connectivity index is 0. The molecule has 0 aromatic heterocycles. The normalized spacial score (nSPS) is 13.1. The fraction of sp³-hybridized carbons (Fsp3) is 0.778. The van der Waals surface area contributed by atoms with Crippen molar-refractivity contribution in [2.45, 2.75) is 40.2 Å². The topological polar surface area (TPSA) is 32.3 Å². The van der Waals surface area contributed by atoms with Crippen LogP contribution in [-0.4, -0.2) is 18.3 Å². The zero-order valence-corrected chi connectivity index (χ0v) is 8.31. The van der Waals surface area contributed by atoms with Crippen molar-refractivity contribution in [2.75, 3.05) is 7.05 Å². The first-order chi connectivity index (χ1) is 5.22. The van der Waals surface area contributed by atoms with Crippen LogP contribution in [0.15, 0.2) is 11.8 Å². The van der Waals surface area contributed by atoms with Gasteiger partial charge in [-0.3, -0.25) is 0 Å². The Labute approximate surface area is 70.3 Å². The molecule has 0 aliphatic heterocycles. The second-order valence-electron chi connectivity index (χ2n) is 2.10. The van der Waals surface area contributed by atoms with Gasteiger partial charge in [0.15, 0.2) is 0 Å². The molecule has 1 atom stereocenters. The molecular formula is C9H21NO. The van der Waals surface area contributed by atoms with Crippen LogP contribution >= 0.6 is 0 Å². The maximum atomic E-state index is 9.15. The SMILES string of the molecule is CC.CCC(O)/C(C)=C/NC. The number of aliphatic hydroxyl groups is 1. The zero-order valence-electron chi connectivity index (χ0n) is 8.31. The van der Waals surface area contributed by atoms with E-state index in [1.165, 1.54) is 0 Å². The second kappa shape index (κ2) is 9.50. The van der Waals surface area contributed by atoms with Gasteiger partial charge in [0.2, 0.25) is 0 Å². The van der Waals surface area contributed by atoms with Crippen LogP contribution in [0.5, 0.6) is 0 Å². The van der Waals surface area contributed by atoms with E-state index >= 15 is 0 Å². The van der Waals surface area contributed by atoms with E-state index in [4.69, 9.17) is 5.11 Å². The minimum absolute atomic E-state index is 0.280. The van der Waals surface area contributed by atoms with Gasteiger partial charge in [0.25, 0.3) is 0 Å². The van der Waals surface area contributed by atoms with Gasteiger partial charge in [-0.15, -0.1) is 0 Å². The summed E-state index contributed by atoms with van der Waals surface area (Å²) < 4.78 is 0. The molecule has 0 aliphatic carbocycles. The maximum absolute atomic E-state index is 9.15. The lowest BCUT2D eigenvalue weighted by atomic mass is 10.1. The summed E-state index contributed by atoms with van der Waals surface area (Å²) >= 11 is 0. The number of aliphatic hydroxyl groups excluding tert-OH is 1. The summed E-state index contributed by atoms with van der Waals surface area (Å²) in [6.45, 7) is 7.86. The van der Waals surface area contributed by atoms with Crippen LogP contribution in [0.1, 0.15) is 34.1 Å². The first kappa shape index (κ1) is 13.1. The fourth-order valence-corrected chi connectivity index (χ4v) is 0.646. The molecule has 0 saturated heterocycles. The highest BCUT2D eigenvalue weighted by Crippen LogP contribution is 2.02. The molecule has 2 N–H and O–H groups in total. The highest BCUT2D eigenvalue weighted by molar-refractivity contribution is 5.01. The largest absolute Gasteiger partial charge is 0.394 e. The molecule has 0 aromatic carbocycles. The molecule has 11 heavy (non-hydrogen) atoms. The van der Waals surface area contributed by atoms with Gasteiger partial charge in [0, 0.05) is 7.05 Å². The summed E-state index contributed by atoms with van der Waals surface area (Å²) in [6, 6.07) is 0. The Morgan fingerprint density at radius 1 is 1.55 bits per heavy atom. The highest BCUT2D eigenvalue weighted by Gasteiger charge is 2.00. The van der Waals surface area contributed by atoms with Crippen molar-refractivity contribution in [3.05, 3.63) is 11.8 Å². The van der Waals surface area contributed by atoms with Crippen molar-refractivity contribution < 1.29 is 5.11 Å². The molecular weight excluding hydrogens is 138 g/mol. The minimum atomic E-state index is -0.280. The van der Waals surface area contributed by atoms with E-state index in [2.05, 4.69) is 5.32 Å².